The molecule has 0 N–H and O–H groups in total. The lowest BCUT2D eigenvalue weighted by Gasteiger charge is -2.26. The summed E-state index contributed by atoms with van der Waals surface area (Å²) in [6, 6.07) is 14.8. The molecule has 172 valence electrons. The molecule has 1 saturated heterocycles. The highest BCUT2D eigenvalue weighted by molar-refractivity contribution is 7.18. The summed E-state index contributed by atoms with van der Waals surface area (Å²) < 4.78 is 6.87. The lowest BCUT2D eigenvalue weighted by atomic mass is 10.1. The van der Waals surface area contributed by atoms with Gasteiger partial charge in [-0.05, 0) is 56.1 Å². The van der Waals surface area contributed by atoms with Crippen molar-refractivity contribution in [2.45, 2.75) is 45.3 Å². The van der Waals surface area contributed by atoms with Gasteiger partial charge < -0.3 is 4.74 Å². The summed E-state index contributed by atoms with van der Waals surface area (Å²) in [6.45, 7) is 5.70. The van der Waals surface area contributed by atoms with E-state index in [9.17, 15) is 5.26 Å². The Morgan fingerprint density at radius 1 is 1.06 bits per heavy atom. The minimum Gasteiger partial charge on any atom is -0.459 e. The molecule has 7 nitrogen and oxygen atoms in total. The Morgan fingerprint density at radius 2 is 1.85 bits per heavy atom. The van der Waals surface area contributed by atoms with Gasteiger partial charge in [-0.15, -0.1) is 11.3 Å². The van der Waals surface area contributed by atoms with Crippen LogP contribution in [0.2, 0.25) is 0 Å². The van der Waals surface area contributed by atoms with Crippen molar-refractivity contribution in [2.24, 2.45) is 0 Å². The highest BCUT2D eigenvalue weighted by Crippen LogP contribution is 2.31. The Hall–Kier alpha value is -3.41. The largest absolute Gasteiger partial charge is 0.459 e. The Balaban J connectivity index is 1.25. The topological polar surface area (TPSA) is 87.8 Å². The van der Waals surface area contributed by atoms with E-state index in [-0.39, 0.29) is 6.01 Å². The predicted octanol–water partition coefficient (Wildman–Crippen LogP) is 5.01. The molecular formula is C26H26N6OS. The molecule has 1 aliphatic heterocycles. The molecule has 1 unspecified atom stereocenters. The Labute approximate surface area is 203 Å². The summed E-state index contributed by atoms with van der Waals surface area (Å²) in [7, 11) is 0. The van der Waals surface area contributed by atoms with Gasteiger partial charge in [0.15, 0.2) is 0 Å². The van der Waals surface area contributed by atoms with E-state index >= 15 is 0 Å². The fraction of sp³-hybridized carbons (Fsp3) is 0.346. The second-order valence-corrected chi connectivity index (χ2v) is 9.68. The van der Waals surface area contributed by atoms with Gasteiger partial charge >= 0.3 is 6.01 Å². The second-order valence-electron chi connectivity index (χ2n) is 8.61. The van der Waals surface area contributed by atoms with E-state index in [1.165, 1.54) is 49.3 Å². The smallest absolute Gasteiger partial charge is 0.316 e. The first-order valence-electron chi connectivity index (χ1n) is 11.6. The van der Waals surface area contributed by atoms with Crippen molar-refractivity contribution >= 4 is 21.6 Å². The van der Waals surface area contributed by atoms with E-state index in [1.807, 2.05) is 13.0 Å². The molecule has 8 heteroatoms. The zero-order valence-corrected chi connectivity index (χ0v) is 20.0. The molecule has 1 fully saturated rings. The van der Waals surface area contributed by atoms with E-state index in [2.05, 4.69) is 55.2 Å². The average Bonchev–Trinajstić information content (AvgIpc) is 3.28. The molecule has 0 spiro atoms. The van der Waals surface area contributed by atoms with Crippen LogP contribution in [-0.4, -0.2) is 37.9 Å². The third-order valence-corrected chi connectivity index (χ3v) is 7.08. The fourth-order valence-corrected chi connectivity index (χ4v) is 5.26. The molecule has 1 aromatic carbocycles. The van der Waals surface area contributed by atoms with Crippen molar-refractivity contribution in [1.29, 1.82) is 5.26 Å². The zero-order valence-electron chi connectivity index (χ0n) is 19.1. The van der Waals surface area contributed by atoms with Crippen LogP contribution in [0.5, 0.6) is 6.01 Å². The molecule has 4 aromatic rings. The van der Waals surface area contributed by atoms with Crippen LogP contribution in [0.4, 0.5) is 0 Å². The molecule has 4 heterocycles. The van der Waals surface area contributed by atoms with Gasteiger partial charge in [-0.2, -0.15) is 10.2 Å². The van der Waals surface area contributed by atoms with E-state index in [4.69, 9.17) is 4.74 Å². The van der Waals surface area contributed by atoms with Crippen LogP contribution in [0.1, 0.15) is 52.7 Å². The van der Waals surface area contributed by atoms with Crippen LogP contribution in [0.3, 0.4) is 0 Å². The number of thiazole rings is 1. The average molecular weight is 471 g/mol. The summed E-state index contributed by atoms with van der Waals surface area (Å²) in [5.41, 5.74) is 4.67. The summed E-state index contributed by atoms with van der Waals surface area (Å²) >= 11 is 1.49. The van der Waals surface area contributed by atoms with Crippen molar-refractivity contribution in [3.8, 4) is 12.1 Å². The number of hydrogen-bond acceptors (Lipinski definition) is 8. The van der Waals surface area contributed by atoms with Gasteiger partial charge in [0.1, 0.15) is 17.5 Å². The normalized spacial score (nSPS) is 15.2. The number of piperidine rings is 1. The van der Waals surface area contributed by atoms with Crippen LogP contribution in [0.25, 0.3) is 10.2 Å². The second kappa shape index (κ2) is 10.2. The number of pyridine rings is 1. The molecule has 3 aromatic heterocycles. The Bertz CT molecular complexity index is 1310. The van der Waals surface area contributed by atoms with E-state index < -0.39 is 5.92 Å². The van der Waals surface area contributed by atoms with Crippen molar-refractivity contribution < 1.29 is 4.74 Å². The van der Waals surface area contributed by atoms with Crippen LogP contribution >= 0.6 is 11.3 Å². The number of ether oxygens (including phenoxy) is 1. The van der Waals surface area contributed by atoms with Crippen molar-refractivity contribution in [1.82, 2.24) is 24.8 Å². The number of nitrogens with zero attached hydrogens (tertiary/aromatic N) is 6. The monoisotopic (exact) mass is 470 g/mol. The highest BCUT2D eigenvalue weighted by Gasteiger charge is 2.21. The number of aromatic nitrogens is 4. The zero-order chi connectivity index (χ0) is 23.3. The molecule has 0 saturated carbocycles. The SMILES string of the molecule is Cc1cc2sc(C(C#N)c3ccnc(OCc4ccc(CN5CCCCC5)cc4)n3)nc2cn1. The maximum absolute atomic E-state index is 9.85. The molecule has 1 aliphatic rings. The number of benzene rings is 1. The van der Waals surface area contributed by atoms with Gasteiger partial charge in [-0.3, -0.25) is 9.88 Å². The van der Waals surface area contributed by atoms with Crippen LogP contribution in [0, 0.1) is 18.3 Å². The summed E-state index contributed by atoms with van der Waals surface area (Å²) in [5.74, 6) is -0.586. The van der Waals surface area contributed by atoms with Gasteiger partial charge in [0.05, 0.1) is 28.2 Å². The number of fused-ring (bicyclic) bond motifs is 1. The number of rotatable bonds is 7. The molecular weight excluding hydrogens is 444 g/mol. The number of hydrogen-bond donors (Lipinski definition) is 0. The molecule has 0 aliphatic carbocycles. The quantitative estimate of drug-likeness (QED) is 0.375. The van der Waals surface area contributed by atoms with Crippen LogP contribution < -0.4 is 4.74 Å². The lowest BCUT2D eigenvalue weighted by Crippen LogP contribution is -2.29. The van der Waals surface area contributed by atoms with Gasteiger partial charge in [0.2, 0.25) is 0 Å². The molecule has 34 heavy (non-hydrogen) atoms. The third kappa shape index (κ3) is 5.22. The van der Waals surface area contributed by atoms with Crippen molar-refractivity contribution in [2.75, 3.05) is 13.1 Å². The van der Waals surface area contributed by atoms with Gasteiger partial charge in [0, 0.05) is 18.4 Å². The fourth-order valence-electron chi connectivity index (χ4n) is 4.17. The lowest BCUT2D eigenvalue weighted by molar-refractivity contribution is 0.221. The van der Waals surface area contributed by atoms with E-state index in [1.54, 1.807) is 18.5 Å². The van der Waals surface area contributed by atoms with E-state index in [0.29, 0.717) is 17.3 Å². The summed E-state index contributed by atoms with van der Waals surface area (Å²) in [6.07, 6.45) is 7.32. The van der Waals surface area contributed by atoms with Crippen molar-refractivity contribution in [3.05, 3.63) is 76.3 Å². The minimum absolute atomic E-state index is 0.258. The maximum atomic E-state index is 9.85. The first-order valence-corrected chi connectivity index (χ1v) is 12.4. The first-order chi connectivity index (χ1) is 16.7. The van der Waals surface area contributed by atoms with E-state index in [0.717, 1.165) is 28.0 Å². The van der Waals surface area contributed by atoms with Gasteiger partial charge in [-0.25, -0.2) is 9.97 Å². The summed E-state index contributed by atoms with van der Waals surface area (Å²) in [4.78, 5) is 20.2. The number of aryl methyl sites for hydroxylation is 1. The first kappa shape index (κ1) is 22.4. The number of likely N-dealkylation sites (tertiary alicyclic amines) is 1. The molecule has 5 rings (SSSR count). The third-order valence-electron chi connectivity index (χ3n) is 6.00. The Kier molecular flexibility index (Phi) is 6.74. The van der Waals surface area contributed by atoms with Crippen LogP contribution in [-0.2, 0) is 13.2 Å². The van der Waals surface area contributed by atoms with Crippen LogP contribution in [0.15, 0.2) is 48.8 Å². The summed E-state index contributed by atoms with van der Waals surface area (Å²) in [5, 5.41) is 10.5. The standard InChI is InChI=1S/C26H26N6OS/c1-18-13-24-23(15-29-18)30-25(34-24)21(14-27)22-9-10-28-26(31-22)33-17-20-7-5-19(6-8-20)16-32-11-3-2-4-12-32/h5-10,13,15,21H,2-4,11-12,16-17H2,1H3. The Morgan fingerprint density at radius 3 is 2.65 bits per heavy atom. The maximum Gasteiger partial charge on any atom is 0.316 e. The van der Waals surface area contributed by atoms with Gasteiger partial charge in [0.25, 0.3) is 0 Å². The van der Waals surface area contributed by atoms with Gasteiger partial charge in [-0.1, -0.05) is 30.7 Å². The number of nitriles is 1. The molecule has 1 atom stereocenters. The van der Waals surface area contributed by atoms with Crippen molar-refractivity contribution in [3.63, 3.8) is 0 Å². The highest BCUT2D eigenvalue weighted by atomic mass is 32.1. The molecule has 0 radical (unpaired) electrons. The predicted molar refractivity (Wildman–Crippen MR) is 132 cm³/mol. The molecule has 0 amide bonds. The minimum atomic E-state index is -0.586. The molecule has 0 bridgehead atoms.